The number of aliphatic hydroxyl groups excluding tert-OH is 1. The highest BCUT2D eigenvalue weighted by Gasteiger charge is 2.15. The molecule has 1 unspecified atom stereocenters. The molecule has 1 amide bonds. The Balaban J connectivity index is 1.63. The quantitative estimate of drug-likeness (QED) is 0.533. The van der Waals surface area contributed by atoms with E-state index >= 15 is 0 Å². The summed E-state index contributed by atoms with van der Waals surface area (Å²) in [4.78, 5) is 14.4. The molecular weight excluding hydrogens is 394 g/mol. The number of ether oxygens (including phenoxy) is 2. The van der Waals surface area contributed by atoms with Gasteiger partial charge in [0.05, 0.1) is 19.8 Å². The van der Waals surface area contributed by atoms with Gasteiger partial charge >= 0.3 is 0 Å². The van der Waals surface area contributed by atoms with E-state index in [1.807, 2.05) is 42.8 Å². The lowest BCUT2D eigenvalue weighted by atomic mass is 10.1. The van der Waals surface area contributed by atoms with Crippen LogP contribution in [-0.2, 0) is 6.54 Å². The van der Waals surface area contributed by atoms with Crippen LogP contribution in [0.4, 0.5) is 0 Å². The molecule has 0 saturated carbocycles. The van der Waals surface area contributed by atoms with Gasteiger partial charge in [0.2, 0.25) is 0 Å². The van der Waals surface area contributed by atoms with Crippen LogP contribution >= 0.6 is 22.7 Å². The zero-order valence-corrected chi connectivity index (χ0v) is 17.4. The van der Waals surface area contributed by atoms with Gasteiger partial charge in [0.15, 0.2) is 11.5 Å². The minimum absolute atomic E-state index is 0.183. The number of amides is 1. The van der Waals surface area contributed by atoms with Crippen molar-refractivity contribution in [3.63, 3.8) is 0 Å². The molecule has 2 aromatic heterocycles. The first-order valence-electron chi connectivity index (χ1n) is 9.09. The fraction of sp³-hybridized carbons (Fsp3) is 0.286. The van der Waals surface area contributed by atoms with E-state index in [0.717, 1.165) is 15.3 Å². The number of aliphatic hydroxyl groups is 1. The summed E-state index contributed by atoms with van der Waals surface area (Å²) in [5, 5.41) is 17.2. The molecule has 3 aromatic rings. The van der Waals surface area contributed by atoms with E-state index in [1.54, 1.807) is 29.5 Å². The molecule has 1 aromatic carbocycles. The van der Waals surface area contributed by atoms with E-state index in [9.17, 15) is 9.90 Å². The van der Waals surface area contributed by atoms with Crippen molar-refractivity contribution in [2.45, 2.75) is 26.5 Å². The Labute approximate surface area is 172 Å². The Morgan fingerprint density at radius 1 is 1.11 bits per heavy atom. The molecule has 0 aliphatic carbocycles. The average Bonchev–Trinajstić information content (AvgIpc) is 3.39. The lowest BCUT2D eigenvalue weighted by Crippen LogP contribution is -2.22. The first kappa shape index (κ1) is 20.4. The van der Waals surface area contributed by atoms with Gasteiger partial charge in [-0.25, -0.2) is 0 Å². The van der Waals surface area contributed by atoms with E-state index in [4.69, 9.17) is 9.47 Å². The van der Waals surface area contributed by atoms with Crippen LogP contribution in [0.5, 0.6) is 11.5 Å². The van der Waals surface area contributed by atoms with Crippen LogP contribution < -0.4 is 14.8 Å². The van der Waals surface area contributed by atoms with Crippen molar-refractivity contribution in [3.05, 3.63) is 68.0 Å². The van der Waals surface area contributed by atoms with Gasteiger partial charge in [0.25, 0.3) is 5.91 Å². The van der Waals surface area contributed by atoms with E-state index in [0.29, 0.717) is 36.8 Å². The molecule has 5 nitrogen and oxygen atoms in total. The largest absolute Gasteiger partial charge is 0.490 e. The first-order chi connectivity index (χ1) is 13.6. The van der Waals surface area contributed by atoms with E-state index in [2.05, 4.69) is 5.32 Å². The van der Waals surface area contributed by atoms with Gasteiger partial charge < -0.3 is 19.9 Å². The molecule has 0 aliphatic heterocycles. The Kier molecular flexibility index (Phi) is 7.08. The SMILES string of the molecule is CCOc1ccc(C(=O)NCc2ccc(C(O)c3ccsc3)s2)cc1OCC. The second-order valence-corrected chi connectivity index (χ2v) is 7.95. The lowest BCUT2D eigenvalue weighted by Gasteiger charge is -2.12. The van der Waals surface area contributed by atoms with Gasteiger partial charge in [-0.15, -0.1) is 11.3 Å². The Hall–Kier alpha value is -2.35. The molecule has 3 rings (SSSR count). The summed E-state index contributed by atoms with van der Waals surface area (Å²) >= 11 is 3.05. The maximum atomic E-state index is 12.5. The third-order valence-electron chi connectivity index (χ3n) is 4.04. The van der Waals surface area contributed by atoms with Crippen molar-refractivity contribution < 1.29 is 19.4 Å². The standard InChI is InChI=1S/C21H23NO4S2/c1-3-25-17-7-5-14(11-18(17)26-4-2)21(24)22-12-16-6-8-19(28-16)20(23)15-9-10-27-13-15/h5-11,13,20,23H,3-4,12H2,1-2H3,(H,22,24). The van der Waals surface area contributed by atoms with Crippen molar-refractivity contribution >= 4 is 28.6 Å². The fourth-order valence-corrected chi connectivity index (χ4v) is 4.34. The number of nitrogens with one attached hydrogen (secondary N) is 1. The third-order valence-corrected chi connectivity index (χ3v) is 5.88. The highest BCUT2D eigenvalue weighted by molar-refractivity contribution is 7.12. The number of rotatable bonds is 9. The molecule has 148 valence electrons. The zero-order chi connectivity index (χ0) is 19.9. The number of hydrogen-bond donors (Lipinski definition) is 2. The lowest BCUT2D eigenvalue weighted by molar-refractivity contribution is 0.0950. The van der Waals surface area contributed by atoms with Gasteiger partial charge in [0, 0.05) is 15.3 Å². The molecule has 2 heterocycles. The highest BCUT2D eigenvalue weighted by atomic mass is 32.1. The van der Waals surface area contributed by atoms with Crippen LogP contribution in [0.1, 0.15) is 45.6 Å². The van der Waals surface area contributed by atoms with Gasteiger partial charge in [-0.1, -0.05) is 0 Å². The maximum absolute atomic E-state index is 12.5. The molecule has 28 heavy (non-hydrogen) atoms. The van der Waals surface area contributed by atoms with Crippen LogP contribution in [0, 0.1) is 0 Å². The summed E-state index contributed by atoms with van der Waals surface area (Å²) < 4.78 is 11.1. The van der Waals surface area contributed by atoms with Gasteiger partial charge in [-0.2, -0.15) is 11.3 Å². The predicted octanol–water partition coefficient (Wildman–Crippen LogP) is 4.62. The summed E-state index contributed by atoms with van der Waals surface area (Å²) in [6, 6.07) is 10.9. The summed E-state index contributed by atoms with van der Waals surface area (Å²) in [5.74, 6) is 1.01. The van der Waals surface area contributed by atoms with Crippen LogP contribution in [0.2, 0.25) is 0 Å². The molecule has 0 radical (unpaired) electrons. The van der Waals surface area contributed by atoms with Crippen molar-refractivity contribution in [1.29, 1.82) is 0 Å². The number of carbonyl (C=O) groups excluding carboxylic acids is 1. The van der Waals surface area contributed by atoms with E-state index in [-0.39, 0.29) is 5.91 Å². The Morgan fingerprint density at radius 2 is 1.89 bits per heavy atom. The molecular formula is C21H23NO4S2. The first-order valence-corrected chi connectivity index (χ1v) is 10.8. The number of carbonyl (C=O) groups is 1. The molecule has 2 N–H and O–H groups in total. The summed E-state index contributed by atoms with van der Waals surface area (Å²) in [5.41, 5.74) is 1.40. The molecule has 1 atom stereocenters. The molecule has 0 fully saturated rings. The second kappa shape index (κ2) is 9.73. The molecule has 0 spiro atoms. The van der Waals surface area contributed by atoms with Crippen LogP contribution in [-0.4, -0.2) is 24.2 Å². The Morgan fingerprint density at radius 3 is 2.61 bits per heavy atom. The minimum Gasteiger partial charge on any atom is -0.490 e. The second-order valence-electron chi connectivity index (χ2n) is 5.97. The normalized spacial score (nSPS) is 11.8. The summed E-state index contributed by atoms with van der Waals surface area (Å²) in [6.45, 7) is 5.22. The smallest absolute Gasteiger partial charge is 0.251 e. The molecule has 0 aliphatic rings. The van der Waals surface area contributed by atoms with E-state index in [1.165, 1.54) is 11.3 Å². The monoisotopic (exact) mass is 417 g/mol. The topological polar surface area (TPSA) is 67.8 Å². The predicted molar refractivity (Wildman–Crippen MR) is 113 cm³/mol. The highest BCUT2D eigenvalue weighted by Crippen LogP contribution is 2.30. The van der Waals surface area contributed by atoms with Gasteiger partial charge in [0.1, 0.15) is 6.10 Å². The van der Waals surface area contributed by atoms with Crippen LogP contribution in [0.15, 0.2) is 47.2 Å². The summed E-state index contributed by atoms with van der Waals surface area (Å²) in [6.07, 6.45) is -0.624. The van der Waals surface area contributed by atoms with E-state index < -0.39 is 6.10 Å². The van der Waals surface area contributed by atoms with Gasteiger partial charge in [-0.3, -0.25) is 4.79 Å². The number of thiophene rings is 2. The molecule has 0 saturated heterocycles. The average molecular weight is 418 g/mol. The van der Waals surface area contributed by atoms with Crippen molar-refractivity contribution in [3.8, 4) is 11.5 Å². The van der Waals surface area contributed by atoms with Crippen molar-refractivity contribution in [1.82, 2.24) is 5.32 Å². The number of hydrogen-bond acceptors (Lipinski definition) is 6. The Bertz CT molecular complexity index is 905. The van der Waals surface area contributed by atoms with Crippen molar-refractivity contribution in [2.24, 2.45) is 0 Å². The van der Waals surface area contributed by atoms with Crippen LogP contribution in [0.25, 0.3) is 0 Å². The number of benzene rings is 1. The van der Waals surface area contributed by atoms with Gasteiger partial charge in [-0.05, 0) is 66.6 Å². The van der Waals surface area contributed by atoms with Crippen LogP contribution in [0.3, 0.4) is 0 Å². The van der Waals surface area contributed by atoms with Crippen molar-refractivity contribution in [2.75, 3.05) is 13.2 Å². The fourth-order valence-electron chi connectivity index (χ4n) is 2.69. The third kappa shape index (κ3) is 4.92. The maximum Gasteiger partial charge on any atom is 0.251 e. The molecule has 7 heteroatoms. The zero-order valence-electron chi connectivity index (χ0n) is 15.8. The summed E-state index contributed by atoms with van der Waals surface area (Å²) in [7, 11) is 0. The molecule has 0 bridgehead atoms. The minimum atomic E-state index is -0.624.